The lowest BCUT2D eigenvalue weighted by Crippen LogP contribution is -2.52. The van der Waals surface area contributed by atoms with Gasteiger partial charge in [0.15, 0.2) is 0 Å². The molecule has 3 aromatic rings. The number of nitrogens with zero attached hydrogens (tertiary/aromatic N) is 2. The Morgan fingerprint density at radius 3 is 2.29 bits per heavy atom. The average Bonchev–Trinajstić information content (AvgIpc) is 2.95. The summed E-state index contributed by atoms with van der Waals surface area (Å²) in [5.41, 5.74) is 1.80. The van der Waals surface area contributed by atoms with Crippen molar-refractivity contribution in [2.75, 3.05) is 24.5 Å². The predicted octanol–water partition coefficient (Wildman–Crippen LogP) is 5.43. The van der Waals surface area contributed by atoms with Gasteiger partial charge in [-0.05, 0) is 72.9 Å². The van der Waals surface area contributed by atoms with Gasteiger partial charge in [0.1, 0.15) is 18.3 Å². The number of carbonyl (C=O) groups excluding carboxylic acids is 2. The summed E-state index contributed by atoms with van der Waals surface area (Å²) in [6, 6.07) is 19.2. The van der Waals surface area contributed by atoms with E-state index in [0.29, 0.717) is 35.0 Å². The Bertz CT molecular complexity index is 1440. The maximum atomic E-state index is 14.2. The van der Waals surface area contributed by atoms with Crippen LogP contribution in [0, 0.1) is 12.8 Å². The Morgan fingerprint density at radius 1 is 1.00 bits per heavy atom. The number of methoxy groups -OCH3 is 1. The molecule has 3 aromatic carbocycles. The van der Waals surface area contributed by atoms with Gasteiger partial charge in [0.2, 0.25) is 11.8 Å². The van der Waals surface area contributed by atoms with E-state index in [1.165, 1.54) is 29.2 Å². The molecule has 0 saturated heterocycles. The minimum Gasteiger partial charge on any atom is -0.497 e. The maximum absolute atomic E-state index is 14.2. The van der Waals surface area contributed by atoms with Gasteiger partial charge in [-0.2, -0.15) is 0 Å². The number of para-hydroxylation sites is 1. The van der Waals surface area contributed by atoms with Crippen LogP contribution in [0.1, 0.15) is 38.3 Å². The van der Waals surface area contributed by atoms with E-state index in [1.54, 1.807) is 56.5 Å². The van der Waals surface area contributed by atoms with Crippen molar-refractivity contribution in [3.05, 3.63) is 88.9 Å². The normalized spacial score (nSPS) is 12.1. The van der Waals surface area contributed by atoms with Crippen LogP contribution in [0.15, 0.2) is 77.7 Å². The van der Waals surface area contributed by atoms with Gasteiger partial charge in [-0.3, -0.25) is 13.9 Å². The number of nitrogens with one attached hydrogen (secondary N) is 1. The molecule has 3 rings (SSSR count). The monoisotopic (exact) mass is 599 g/mol. The zero-order valence-electron chi connectivity index (χ0n) is 24.1. The molecule has 0 aliphatic rings. The van der Waals surface area contributed by atoms with Crippen molar-refractivity contribution in [3.63, 3.8) is 0 Å². The zero-order chi connectivity index (χ0) is 30.2. The van der Waals surface area contributed by atoms with Crippen LogP contribution in [0.2, 0.25) is 5.02 Å². The first-order valence-electron chi connectivity index (χ1n) is 13.5. The molecule has 0 aliphatic carbocycles. The number of aryl methyl sites for hydroxylation is 1. The van der Waals surface area contributed by atoms with E-state index in [1.807, 2.05) is 26.8 Å². The highest BCUT2D eigenvalue weighted by Crippen LogP contribution is 2.28. The van der Waals surface area contributed by atoms with Crippen molar-refractivity contribution >= 4 is 39.1 Å². The van der Waals surface area contributed by atoms with Crippen LogP contribution in [0.4, 0.5) is 5.69 Å². The minimum atomic E-state index is -4.17. The van der Waals surface area contributed by atoms with E-state index in [9.17, 15) is 18.0 Å². The molecule has 0 aromatic heterocycles. The number of hydrogen-bond donors (Lipinski definition) is 1. The number of ether oxygens (including phenoxy) is 1. The molecule has 0 aliphatic heterocycles. The van der Waals surface area contributed by atoms with Crippen LogP contribution >= 0.6 is 11.6 Å². The smallest absolute Gasteiger partial charge is 0.264 e. The molecule has 1 unspecified atom stereocenters. The van der Waals surface area contributed by atoms with Gasteiger partial charge in [0.05, 0.1) is 17.7 Å². The van der Waals surface area contributed by atoms with E-state index in [2.05, 4.69) is 5.32 Å². The Balaban J connectivity index is 2.07. The average molecular weight is 600 g/mol. The highest BCUT2D eigenvalue weighted by atomic mass is 35.5. The van der Waals surface area contributed by atoms with Crippen LogP contribution in [0.3, 0.4) is 0 Å². The predicted molar refractivity (Wildman–Crippen MR) is 163 cm³/mol. The summed E-state index contributed by atoms with van der Waals surface area (Å²) in [4.78, 5) is 28.9. The molecule has 0 spiro atoms. The third-order valence-electron chi connectivity index (χ3n) is 6.62. The van der Waals surface area contributed by atoms with Crippen molar-refractivity contribution in [1.82, 2.24) is 10.2 Å². The molecule has 1 atom stereocenters. The fourth-order valence-corrected chi connectivity index (χ4v) is 6.00. The first-order chi connectivity index (χ1) is 19.5. The van der Waals surface area contributed by atoms with Crippen LogP contribution in [0.25, 0.3) is 0 Å². The third-order valence-corrected chi connectivity index (χ3v) is 8.65. The molecule has 0 heterocycles. The molecule has 0 saturated carbocycles. The van der Waals surface area contributed by atoms with Crippen LogP contribution in [-0.2, 0) is 26.2 Å². The number of amides is 2. The quantitative estimate of drug-likeness (QED) is 0.283. The van der Waals surface area contributed by atoms with Crippen LogP contribution in [-0.4, -0.2) is 51.4 Å². The summed E-state index contributed by atoms with van der Waals surface area (Å²) in [5, 5.41) is 3.32. The molecule has 8 nitrogen and oxygen atoms in total. The van der Waals surface area contributed by atoms with Crippen molar-refractivity contribution < 1.29 is 22.7 Å². The standard InChI is InChI=1S/C31H38ClN3O5S/c1-6-28(31(37)33-19-22(2)3)34(20-24-11-9-12-26(18-24)40-5)30(36)21-35(29-13-8-7-10-23(29)4)41(38,39)27-16-14-25(32)15-17-27/h7-18,22,28H,6,19-21H2,1-5H3,(H,33,37). The van der Waals surface area contributed by atoms with Gasteiger partial charge in [0.25, 0.3) is 10.0 Å². The first kappa shape index (κ1) is 32.0. The van der Waals surface area contributed by atoms with E-state index in [0.717, 1.165) is 9.87 Å². The molecular weight excluding hydrogens is 562 g/mol. The first-order valence-corrected chi connectivity index (χ1v) is 15.3. The van der Waals surface area contributed by atoms with Gasteiger partial charge in [-0.15, -0.1) is 0 Å². The van der Waals surface area contributed by atoms with E-state index in [-0.39, 0.29) is 23.3 Å². The van der Waals surface area contributed by atoms with Crippen molar-refractivity contribution in [1.29, 1.82) is 0 Å². The zero-order valence-corrected chi connectivity index (χ0v) is 25.7. The van der Waals surface area contributed by atoms with Gasteiger partial charge in [0, 0.05) is 18.1 Å². The topological polar surface area (TPSA) is 96.0 Å². The van der Waals surface area contributed by atoms with E-state index in [4.69, 9.17) is 16.3 Å². The largest absolute Gasteiger partial charge is 0.497 e. The number of benzene rings is 3. The van der Waals surface area contributed by atoms with Crippen molar-refractivity contribution in [2.45, 2.75) is 51.6 Å². The SMILES string of the molecule is CCC(C(=O)NCC(C)C)N(Cc1cccc(OC)c1)C(=O)CN(c1ccccc1C)S(=O)(=O)c1ccc(Cl)cc1. The molecule has 1 N–H and O–H groups in total. The summed E-state index contributed by atoms with van der Waals surface area (Å²) >= 11 is 6.02. The lowest BCUT2D eigenvalue weighted by molar-refractivity contribution is -0.140. The Labute approximate surface area is 248 Å². The number of halogens is 1. The van der Waals surface area contributed by atoms with E-state index < -0.39 is 28.5 Å². The maximum Gasteiger partial charge on any atom is 0.264 e. The lowest BCUT2D eigenvalue weighted by Gasteiger charge is -2.33. The number of hydrogen-bond acceptors (Lipinski definition) is 5. The second-order valence-corrected chi connectivity index (χ2v) is 12.5. The fourth-order valence-electron chi connectivity index (χ4n) is 4.40. The number of rotatable bonds is 13. The molecular formula is C31H38ClN3O5S. The fraction of sp³-hybridized carbons (Fsp3) is 0.355. The van der Waals surface area contributed by atoms with Crippen molar-refractivity contribution in [2.24, 2.45) is 5.92 Å². The highest BCUT2D eigenvalue weighted by Gasteiger charge is 2.34. The second kappa shape index (κ2) is 14.4. The van der Waals surface area contributed by atoms with Gasteiger partial charge in [-0.25, -0.2) is 8.42 Å². The molecule has 0 bridgehead atoms. The number of anilines is 1. The molecule has 0 radical (unpaired) electrons. The number of sulfonamides is 1. The number of carbonyl (C=O) groups is 2. The summed E-state index contributed by atoms with van der Waals surface area (Å²) in [6.45, 7) is 7.63. The van der Waals surface area contributed by atoms with Gasteiger partial charge < -0.3 is 15.0 Å². The Kier molecular flexibility index (Phi) is 11.2. The Morgan fingerprint density at radius 2 is 1.68 bits per heavy atom. The third kappa shape index (κ3) is 8.24. The van der Waals surface area contributed by atoms with E-state index >= 15 is 0 Å². The van der Waals surface area contributed by atoms with Crippen molar-refractivity contribution in [3.8, 4) is 5.75 Å². The highest BCUT2D eigenvalue weighted by molar-refractivity contribution is 7.92. The van der Waals surface area contributed by atoms with Gasteiger partial charge in [-0.1, -0.05) is 62.7 Å². The summed E-state index contributed by atoms with van der Waals surface area (Å²) in [5.74, 6) is 0.0275. The van der Waals surface area contributed by atoms with Crippen LogP contribution < -0.4 is 14.4 Å². The molecule has 2 amide bonds. The molecule has 10 heteroatoms. The van der Waals surface area contributed by atoms with Crippen LogP contribution in [0.5, 0.6) is 5.75 Å². The molecule has 41 heavy (non-hydrogen) atoms. The molecule has 0 fully saturated rings. The summed E-state index contributed by atoms with van der Waals surface area (Å²) in [7, 11) is -2.62. The summed E-state index contributed by atoms with van der Waals surface area (Å²) < 4.78 is 34.4. The van der Waals surface area contributed by atoms with Gasteiger partial charge >= 0.3 is 0 Å². The second-order valence-electron chi connectivity index (χ2n) is 10.2. The molecule has 220 valence electrons. The minimum absolute atomic E-state index is 0.000910. The lowest BCUT2D eigenvalue weighted by atomic mass is 10.1. The summed E-state index contributed by atoms with van der Waals surface area (Å²) in [6.07, 6.45) is 0.341. The Hall–Kier alpha value is -3.56.